The smallest absolute Gasteiger partial charge is 0.340 e. The number of nitro groups is 1. The molecule has 9 heteroatoms. The Morgan fingerprint density at radius 2 is 1.86 bits per heavy atom. The maximum Gasteiger partial charge on any atom is 0.340 e. The Morgan fingerprint density at radius 1 is 1.32 bits per heavy atom. The molecule has 1 rings (SSSR count). The van der Waals surface area contributed by atoms with Gasteiger partial charge in [0.25, 0.3) is 5.69 Å². The van der Waals surface area contributed by atoms with Crippen molar-refractivity contribution < 1.29 is 34.6 Å². The number of hydrogen-bond acceptors (Lipinski definition) is 7. The predicted molar refractivity (Wildman–Crippen MR) is 72.6 cm³/mol. The first-order valence-electron chi connectivity index (χ1n) is 6.09. The zero-order valence-corrected chi connectivity index (χ0v) is 12.1. The Labute approximate surface area is 124 Å². The van der Waals surface area contributed by atoms with E-state index < -0.39 is 57.2 Å². The minimum atomic E-state index is -1.70. The van der Waals surface area contributed by atoms with Gasteiger partial charge < -0.3 is 20.1 Å². The molecule has 1 aromatic carbocycles. The molecule has 1 aromatic rings. The van der Waals surface area contributed by atoms with E-state index in [0.717, 1.165) is 0 Å². The summed E-state index contributed by atoms with van der Waals surface area (Å²) in [7, 11) is 0. The van der Waals surface area contributed by atoms with Crippen LogP contribution in [0.3, 0.4) is 0 Å². The van der Waals surface area contributed by atoms with Gasteiger partial charge in [-0.25, -0.2) is 4.79 Å². The topological polar surface area (TPSA) is 147 Å². The van der Waals surface area contributed by atoms with E-state index in [1.807, 2.05) is 0 Å². The average Bonchev–Trinajstić information content (AvgIpc) is 2.37. The summed E-state index contributed by atoms with van der Waals surface area (Å²) in [6, 6.07) is 0.599. The molecule has 0 aliphatic carbocycles. The summed E-state index contributed by atoms with van der Waals surface area (Å²) in [6.07, 6.45) is 0. The van der Waals surface area contributed by atoms with Gasteiger partial charge >= 0.3 is 11.9 Å². The first-order valence-corrected chi connectivity index (χ1v) is 6.09. The monoisotopic (exact) mass is 313 g/mol. The highest BCUT2D eigenvalue weighted by molar-refractivity contribution is 5.95. The van der Waals surface area contributed by atoms with Crippen LogP contribution in [0.5, 0.6) is 11.5 Å². The van der Waals surface area contributed by atoms with Crippen LogP contribution < -0.4 is 0 Å². The van der Waals surface area contributed by atoms with Crippen molar-refractivity contribution in [3.05, 3.63) is 27.3 Å². The van der Waals surface area contributed by atoms with Gasteiger partial charge in [-0.1, -0.05) is 0 Å². The Kier molecular flexibility index (Phi) is 4.60. The molecule has 9 nitrogen and oxygen atoms in total. The second-order valence-electron chi connectivity index (χ2n) is 5.51. The highest BCUT2D eigenvalue weighted by atomic mass is 16.6. The van der Waals surface area contributed by atoms with Crippen molar-refractivity contribution in [2.75, 3.05) is 0 Å². The fourth-order valence-electron chi connectivity index (χ4n) is 1.58. The molecule has 0 atom stereocenters. The molecular formula is C13H15NO8. The number of esters is 1. The molecule has 120 valence electrons. The lowest BCUT2D eigenvalue weighted by molar-refractivity contribution is -0.386. The van der Waals surface area contributed by atoms with Crippen molar-refractivity contribution >= 4 is 17.6 Å². The quantitative estimate of drug-likeness (QED) is 0.330. The van der Waals surface area contributed by atoms with Gasteiger partial charge in [-0.05, 0) is 20.8 Å². The summed E-state index contributed by atoms with van der Waals surface area (Å²) in [5.41, 5.74) is -3.05. The molecule has 0 heterocycles. The summed E-state index contributed by atoms with van der Waals surface area (Å²) in [5, 5.41) is 39.0. The van der Waals surface area contributed by atoms with E-state index in [-0.39, 0.29) is 0 Å². The van der Waals surface area contributed by atoms with Gasteiger partial charge in [0.1, 0.15) is 12.2 Å². The number of carboxylic acids is 1. The first-order chi connectivity index (χ1) is 9.96. The van der Waals surface area contributed by atoms with Crippen LogP contribution >= 0.6 is 0 Å². The number of nitro benzene ring substituents is 1. The molecule has 0 radical (unpaired) electrons. The number of ether oxygens (including phenoxy) is 1. The van der Waals surface area contributed by atoms with Crippen molar-refractivity contribution in [1.29, 1.82) is 0 Å². The summed E-state index contributed by atoms with van der Waals surface area (Å²) >= 11 is 0. The van der Waals surface area contributed by atoms with E-state index in [1.165, 1.54) is 0 Å². The minimum Gasteiger partial charge on any atom is -0.504 e. The van der Waals surface area contributed by atoms with Crippen LogP contribution in [0.4, 0.5) is 5.69 Å². The Bertz CT molecular complexity index is 644. The average molecular weight is 313 g/mol. The van der Waals surface area contributed by atoms with Gasteiger partial charge in [-0.2, -0.15) is 0 Å². The van der Waals surface area contributed by atoms with Crippen LogP contribution in [-0.2, 0) is 16.1 Å². The zero-order chi connectivity index (χ0) is 17.2. The first kappa shape index (κ1) is 17.2. The molecule has 0 saturated carbocycles. The Balaban J connectivity index is 3.37. The van der Waals surface area contributed by atoms with Crippen LogP contribution in [0.25, 0.3) is 0 Å². The third-order valence-electron chi connectivity index (χ3n) is 2.73. The second kappa shape index (κ2) is 5.88. The Hall–Kier alpha value is -2.84. The number of phenols is 2. The molecular weight excluding hydrogens is 298 g/mol. The Morgan fingerprint density at radius 3 is 2.27 bits per heavy atom. The molecule has 0 unspecified atom stereocenters. The SMILES string of the molecule is CC(C)(C)C(=O)OCc1c([N+](=O)[O-])cc(O)c(O)c1C(=O)O. The number of hydrogen-bond donors (Lipinski definition) is 3. The molecule has 0 aromatic heterocycles. The number of carboxylic acid groups (broad SMARTS) is 1. The summed E-state index contributed by atoms with van der Waals surface area (Å²) in [4.78, 5) is 32.9. The fourth-order valence-corrected chi connectivity index (χ4v) is 1.58. The van der Waals surface area contributed by atoms with Gasteiger partial charge in [-0.3, -0.25) is 14.9 Å². The van der Waals surface area contributed by atoms with Crippen LogP contribution in [0, 0.1) is 15.5 Å². The van der Waals surface area contributed by atoms with E-state index in [0.29, 0.717) is 6.07 Å². The number of aromatic hydroxyl groups is 2. The molecule has 0 bridgehead atoms. The molecule has 0 aliphatic heterocycles. The third-order valence-corrected chi connectivity index (χ3v) is 2.73. The lowest BCUT2D eigenvalue weighted by atomic mass is 9.97. The highest BCUT2D eigenvalue weighted by Crippen LogP contribution is 2.38. The molecule has 0 spiro atoms. The van der Waals surface area contributed by atoms with Crippen LogP contribution in [0.2, 0.25) is 0 Å². The number of phenolic OH excluding ortho intramolecular Hbond substituents is 1. The molecule has 0 saturated heterocycles. The van der Waals surface area contributed by atoms with Crippen molar-refractivity contribution in [3.8, 4) is 11.5 Å². The van der Waals surface area contributed by atoms with Gasteiger partial charge in [0.15, 0.2) is 11.5 Å². The number of aromatic carboxylic acids is 1. The van der Waals surface area contributed by atoms with Gasteiger partial charge in [0, 0.05) is 0 Å². The molecule has 3 N–H and O–H groups in total. The van der Waals surface area contributed by atoms with E-state index in [4.69, 9.17) is 9.84 Å². The van der Waals surface area contributed by atoms with Crippen molar-refractivity contribution in [3.63, 3.8) is 0 Å². The van der Waals surface area contributed by atoms with Crippen LogP contribution in [-0.4, -0.2) is 32.2 Å². The number of carbonyl (C=O) groups is 2. The van der Waals surface area contributed by atoms with Gasteiger partial charge in [-0.15, -0.1) is 0 Å². The maximum absolute atomic E-state index is 11.7. The normalized spacial score (nSPS) is 11.0. The fraction of sp³-hybridized carbons (Fsp3) is 0.385. The maximum atomic E-state index is 11.7. The summed E-state index contributed by atoms with van der Waals surface area (Å²) < 4.78 is 4.87. The number of nitrogens with zero attached hydrogens (tertiary/aromatic N) is 1. The number of carbonyl (C=O) groups excluding carboxylic acids is 1. The predicted octanol–water partition coefficient (Wildman–Crippen LogP) is 1.79. The highest BCUT2D eigenvalue weighted by Gasteiger charge is 2.31. The van der Waals surface area contributed by atoms with Crippen molar-refractivity contribution in [2.24, 2.45) is 5.41 Å². The minimum absolute atomic E-state index is 0.509. The van der Waals surface area contributed by atoms with Crippen molar-refractivity contribution in [2.45, 2.75) is 27.4 Å². The van der Waals surface area contributed by atoms with Crippen molar-refractivity contribution in [1.82, 2.24) is 0 Å². The lowest BCUT2D eigenvalue weighted by Crippen LogP contribution is -2.23. The second-order valence-corrected chi connectivity index (χ2v) is 5.51. The molecule has 0 amide bonds. The number of rotatable bonds is 4. The number of benzene rings is 1. The third kappa shape index (κ3) is 3.43. The van der Waals surface area contributed by atoms with E-state index in [1.54, 1.807) is 20.8 Å². The molecule has 22 heavy (non-hydrogen) atoms. The largest absolute Gasteiger partial charge is 0.504 e. The lowest BCUT2D eigenvalue weighted by Gasteiger charge is -2.17. The van der Waals surface area contributed by atoms with E-state index in [9.17, 15) is 29.9 Å². The molecule has 0 fully saturated rings. The van der Waals surface area contributed by atoms with Gasteiger partial charge in [0.2, 0.25) is 0 Å². The van der Waals surface area contributed by atoms with Crippen LogP contribution in [0.15, 0.2) is 6.07 Å². The van der Waals surface area contributed by atoms with Gasteiger partial charge in [0.05, 0.1) is 22.0 Å². The molecule has 0 aliphatic rings. The zero-order valence-electron chi connectivity index (χ0n) is 12.1. The standard InChI is InChI=1S/C13H15NO8/c1-13(2,3)12(19)22-5-6-7(14(20)21)4-8(15)10(16)9(6)11(17)18/h4,15-16H,5H2,1-3H3,(H,17,18). The van der Waals surface area contributed by atoms with Crippen LogP contribution in [0.1, 0.15) is 36.7 Å². The van der Waals surface area contributed by atoms with E-state index in [2.05, 4.69) is 0 Å². The van der Waals surface area contributed by atoms with E-state index >= 15 is 0 Å². The summed E-state index contributed by atoms with van der Waals surface area (Å²) in [6.45, 7) is 3.93. The summed E-state index contributed by atoms with van der Waals surface area (Å²) in [5.74, 6) is -4.38.